The van der Waals surface area contributed by atoms with Crippen molar-refractivity contribution in [3.63, 3.8) is 0 Å². The fourth-order valence-corrected chi connectivity index (χ4v) is 0.684. The van der Waals surface area contributed by atoms with Crippen molar-refractivity contribution < 1.29 is 123 Å². The SMILES string of the molecule is O=C([O-])CC(O)(CC(=O)[O-])C(=O)[O-].[Na+].[Na+].[Na+].[NaH].[NaH].[NaH]. The molecule has 0 saturated carbocycles. The molecule has 13 heteroatoms. The van der Waals surface area contributed by atoms with Crippen molar-refractivity contribution in [3.8, 4) is 0 Å². The van der Waals surface area contributed by atoms with Gasteiger partial charge in [0.1, 0.15) is 5.60 Å². The molecule has 0 amide bonds. The van der Waals surface area contributed by atoms with Crippen LogP contribution < -0.4 is 104 Å². The second-order valence-electron chi connectivity index (χ2n) is 2.42. The van der Waals surface area contributed by atoms with E-state index in [1.165, 1.54) is 0 Å². The Labute approximate surface area is 243 Å². The van der Waals surface area contributed by atoms with Crippen molar-refractivity contribution in [3.05, 3.63) is 0 Å². The fourth-order valence-electron chi connectivity index (χ4n) is 0.684. The molecule has 0 spiro atoms. The van der Waals surface area contributed by atoms with E-state index in [4.69, 9.17) is 5.11 Å². The van der Waals surface area contributed by atoms with Crippen molar-refractivity contribution in [1.29, 1.82) is 0 Å². The van der Waals surface area contributed by atoms with Crippen molar-refractivity contribution in [2.24, 2.45) is 0 Å². The van der Waals surface area contributed by atoms with Gasteiger partial charge in [0.05, 0.1) is 5.97 Å². The van der Waals surface area contributed by atoms with E-state index < -0.39 is 36.4 Å². The van der Waals surface area contributed by atoms with Crippen molar-refractivity contribution >= 4 is 107 Å². The number of hydrogen-bond acceptors (Lipinski definition) is 7. The zero-order valence-corrected chi connectivity index (χ0v) is 15.3. The van der Waals surface area contributed by atoms with Gasteiger partial charge in [0.15, 0.2) is 0 Å². The molecule has 0 rings (SSSR count). The van der Waals surface area contributed by atoms with Crippen molar-refractivity contribution in [1.82, 2.24) is 0 Å². The minimum absolute atomic E-state index is 0. The molecule has 7 nitrogen and oxygen atoms in total. The zero-order chi connectivity index (χ0) is 10.6. The summed E-state index contributed by atoms with van der Waals surface area (Å²) in [4.78, 5) is 30.0. The van der Waals surface area contributed by atoms with Gasteiger partial charge in [-0.25, -0.2) is 0 Å². The van der Waals surface area contributed by atoms with E-state index in [9.17, 15) is 29.7 Å². The van der Waals surface area contributed by atoms with Crippen LogP contribution in [0.5, 0.6) is 0 Å². The first-order valence-corrected chi connectivity index (χ1v) is 3.11. The van der Waals surface area contributed by atoms with Gasteiger partial charge in [-0.05, 0) is 0 Å². The van der Waals surface area contributed by atoms with Crippen LogP contribution in [0, 0.1) is 0 Å². The third kappa shape index (κ3) is 22.4. The van der Waals surface area contributed by atoms with Gasteiger partial charge in [-0.3, -0.25) is 0 Å². The molecule has 0 aliphatic rings. The summed E-state index contributed by atoms with van der Waals surface area (Å²) in [5, 5.41) is 38.9. The predicted octanol–water partition coefficient (Wildman–Crippen LogP) is -16.2. The first kappa shape index (κ1) is 43.6. The maximum absolute atomic E-state index is 10.1. The predicted molar refractivity (Wildman–Crippen MR) is 50.7 cm³/mol. The Kier molecular flexibility index (Phi) is 51.4. The Hall–Kier alpha value is 4.37. The fraction of sp³-hybridized carbons (Fsp3) is 0.500. The number of rotatable bonds is 5. The molecule has 19 heavy (non-hydrogen) atoms. The van der Waals surface area contributed by atoms with Crippen LogP contribution in [0.4, 0.5) is 0 Å². The van der Waals surface area contributed by atoms with E-state index in [2.05, 4.69) is 0 Å². The molecular weight excluding hydrogens is 322 g/mol. The first-order valence-electron chi connectivity index (χ1n) is 3.11. The molecule has 1 N–H and O–H groups in total. The number of carbonyl (C=O) groups excluding carboxylic acids is 3. The number of aliphatic hydroxyl groups is 1. The maximum atomic E-state index is 10.1. The molecule has 0 heterocycles. The molecule has 0 bridgehead atoms. The average molecular weight is 330 g/mol. The summed E-state index contributed by atoms with van der Waals surface area (Å²) < 4.78 is 0. The molecule has 0 atom stereocenters. The van der Waals surface area contributed by atoms with Crippen LogP contribution in [0.2, 0.25) is 0 Å². The molecular formula is C6H8Na6O7. The van der Waals surface area contributed by atoms with Gasteiger partial charge in [-0.2, -0.15) is 0 Å². The Morgan fingerprint density at radius 3 is 1.11 bits per heavy atom. The van der Waals surface area contributed by atoms with Crippen LogP contribution in [0.15, 0.2) is 0 Å². The quantitative estimate of drug-likeness (QED) is 0.493. The van der Waals surface area contributed by atoms with Gasteiger partial charge in [0, 0.05) is 24.8 Å². The summed E-state index contributed by atoms with van der Waals surface area (Å²) in [6.45, 7) is 0. The Bertz CT molecular complexity index is 244. The van der Waals surface area contributed by atoms with Gasteiger partial charge in [0.2, 0.25) is 0 Å². The van der Waals surface area contributed by atoms with Crippen molar-refractivity contribution in [2.45, 2.75) is 18.4 Å². The molecule has 0 aromatic carbocycles. The number of carbonyl (C=O) groups is 3. The number of carboxylic acids is 3. The molecule has 0 aliphatic carbocycles. The van der Waals surface area contributed by atoms with Gasteiger partial charge in [-0.1, -0.05) is 0 Å². The topological polar surface area (TPSA) is 141 Å². The van der Waals surface area contributed by atoms with Gasteiger partial charge in [0.25, 0.3) is 0 Å². The zero-order valence-electron chi connectivity index (χ0n) is 9.31. The minimum atomic E-state index is -2.97. The Morgan fingerprint density at radius 2 is 1.00 bits per heavy atom. The molecule has 0 aromatic heterocycles. The average Bonchev–Trinajstić information content (AvgIpc) is 1.82. The summed E-state index contributed by atoms with van der Waals surface area (Å²) in [7, 11) is 0. The van der Waals surface area contributed by atoms with E-state index in [0.29, 0.717) is 0 Å². The normalized spacial score (nSPS) is 7.42. The second-order valence-corrected chi connectivity index (χ2v) is 2.42. The van der Waals surface area contributed by atoms with Crippen LogP contribution in [-0.4, -0.2) is 117 Å². The third-order valence-electron chi connectivity index (χ3n) is 1.25. The van der Waals surface area contributed by atoms with Crippen LogP contribution in [0.25, 0.3) is 0 Å². The van der Waals surface area contributed by atoms with E-state index in [-0.39, 0.29) is 177 Å². The summed E-state index contributed by atoms with van der Waals surface area (Å²) in [5.74, 6) is -5.98. The van der Waals surface area contributed by atoms with Crippen molar-refractivity contribution in [2.75, 3.05) is 0 Å². The summed E-state index contributed by atoms with van der Waals surface area (Å²) in [5.41, 5.74) is -2.97. The van der Waals surface area contributed by atoms with Crippen LogP contribution in [-0.2, 0) is 14.4 Å². The van der Waals surface area contributed by atoms with Crippen LogP contribution in [0.3, 0.4) is 0 Å². The molecule has 0 aliphatic heterocycles. The third-order valence-corrected chi connectivity index (χ3v) is 1.25. The van der Waals surface area contributed by atoms with Gasteiger partial charge >= 0.3 is 177 Å². The molecule has 0 saturated heterocycles. The van der Waals surface area contributed by atoms with E-state index in [1.54, 1.807) is 0 Å². The summed E-state index contributed by atoms with van der Waals surface area (Å²) >= 11 is 0. The molecule has 0 unspecified atom stereocenters. The summed E-state index contributed by atoms with van der Waals surface area (Å²) in [6.07, 6.45) is -2.72. The van der Waals surface area contributed by atoms with E-state index >= 15 is 0 Å². The second kappa shape index (κ2) is 22.4. The standard InChI is InChI=1S/C6H8O7.6Na.3H/c7-3(8)1-6(13,5(11)12)2-4(9)10;;;;;;;;;/h13H,1-2H2,(H,7,8)(H,9,10)(H,11,12);;;;;;;;;/q;;;;3*+1;;;/p-3. The van der Waals surface area contributed by atoms with Gasteiger partial charge < -0.3 is 34.8 Å². The Morgan fingerprint density at radius 1 is 0.789 bits per heavy atom. The molecule has 0 aromatic rings. The molecule has 0 fully saturated rings. The number of hydrogen-bond donors (Lipinski definition) is 1. The monoisotopic (exact) mass is 330 g/mol. The molecule has 80 valence electrons. The first-order chi connectivity index (χ1) is 5.78. The van der Waals surface area contributed by atoms with Gasteiger partial charge in [-0.15, -0.1) is 0 Å². The van der Waals surface area contributed by atoms with Crippen LogP contribution in [0.1, 0.15) is 12.8 Å². The van der Waals surface area contributed by atoms with Crippen LogP contribution >= 0.6 is 0 Å². The van der Waals surface area contributed by atoms with E-state index in [1.807, 2.05) is 0 Å². The number of aliphatic carboxylic acids is 3. The summed E-state index contributed by atoms with van der Waals surface area (Å²) in [6, 6.07) is 0. The molecule has 0 radical (unpaired) electrons. The Balaban J connectivity index is -0.0000000480. The van der Waals surface area contributed by atoms with E-state index in [0.717, 1.165) is 0 Å². The number of carboxylic acid groups (broad SMARTS) is 3.